The van der Waals surface area contributed by atoms with E-state index >= 15 is 0 Å². The highest BCUT2D eigenvalue weighted by atomic mass is 32.2. The Bertz CT molecular complexity index is 177. The van der Waals surface area contributed by atoms with Crippen LogP contribution in [-0.2, 0) is 10.7 Å². The lowest BCUT2D eigenvalue weighted by Crippen LogP contribution is -2.40. The molecule has 0 atom stereocenters. The standard InChI is InChI=1S/C6H14N2O2S/c7-6-1-3-8(4-2-6)5-11(9)10/h6,11H,1-5,7H2. The number of piperidine rings is 1. The van der Waals surface area contributed by atoms with Crippen LogP contribution in [0.25, 0.3) is 0 Å². The summed E-state index contributed by atoms with van der Waals surface area (Å²) < 4.78 is 20.6. The average Bonchev–Trinajstić information content (AvgIpc) is 1.93. The summed E-state index contributed by atoms with van der Waals surface area (Å²) >= 11 is 0. The van der Waals surface area contributed by atoms with Crippen molar-refractivity contribution in [3.8, 4) is 0 Å². The van der Waals surface area contributed by atoms with E-state index in [0.717, 1.165) is 25.9 Å². The number of nitrogens with zero attached hydrogens (tertiary/aromatic N) is 1. The second-order valence-electron chi connectivity index (χ2n) is 2.93. The van der Waals surface area contributed by atoms with Crippen LogP contribution in [0.1, 0.15) is 12.8 Å². The molecule has 0 radical (unpaired) electrons. The van der Waals surface area contributed by atoms with E-state index in [0.29, 0.717) is 0 Å². The van der Waals surface area contributed by atoms with Crippen LogP contribution in [0.4, 0.5) is 0 Å². The molecule has 0 saturated carbocycles. The van der Waals surface area contributed by atoms with Crippen LogP contribution in [0.2, 0.25) is 0 Å². The minimum atomic E-state index is -2.25. The fourth-order valence-electron chi connectivity index (χ4n) is 1.26. The summed E-state index contributed by atoms with van der Waals surface area (Å²) in [6, 6.07) is 0.274. The molecule has 0 spiro atoms. The number of hydrogen-bond acceptors (Lipinski definition) is 4. The van der Waals surface area contributed by atoms with Crippen molar-refractivity contribution in [3.63, 3.8) is 0 Å². The van der Waals surface area contributed by atoms with E-state index in [-0.39, 0.29) is 11.9 Å². The Kier molecular flexibility index (Phi) is 3.29. The zero-order chi connectivity index (χ0) is 8.27. The smallest absolute Gasteiger partial charge is 0.153 e. The second-order valence-corrected chi connectivity index (χ2v) is 3.88. The Morgan fingerprint density at radius 2 is 1.91 bits per heavy atom. The number of nitrogens with two attached hydrogens (primary N) is 1. The minimum Gasteiger partial charge on any atom is -0.328 e. The summed E-state index contributed by atoms with van der Waals surface area (Å²) in [5.74, 6) is 0.196. The number of thiol groups is 1. The van der Waals surface area contributed by atoms with Gasteiger partial charge in [0.1, 0.15) is 0 Å². The lowest BCUT2D eigenvalue weighted by atomic mass is 10.1. The third-order valence-electron chi connectivity index (χ3n) is 1.95. The van der Waals surface area contributed by atoms with Gasteiger partial charge in [-0.2, -0.15) is 0 Å². The fourth-order valence-corrected chi connectivity index (χ4v) is 1.87. The minimum absolute atomic E-state index is 0.196. The second kappa shape index (κ2) is 4.04. The molecule has 1 fully saturated rings. The highest BCUT2D eigenvalue weighted by Crippen LogP contribution is 2.06. The normalized spacial score (nSPS) is 22.7. The van der Waals surface area contributed by atoms with Gasteiger partial charge in [-0.15, -0.1) is 0 Å². The van der Waals surface area contributed by atoms with Gasteiger partial charge in [0, 0.05) is 19.1 Å². The zero-order valence-electron chi connectivity index (χ0n) is 6.40. The van der Waals surface area contributed by atoms with E-state index in [2.05, 4.69) is 0 Å². The zero-order valence-corrected chi connectivity index (χ0v) is 7.30. The van der Waals surface area contributed by atoms with Crippen molar-refractivity contribution in [1.82, 2.24) is 4.90 Å². The average molecular weight is 178 g/mol. The summed E-state index contributed by atoms with van der Waals surface area (Å²) in [6.07, 6.45) is 1.84. The molecule has 0 aliphatic carbocycles. The van der Waals surface area contributed by atoms with Gasteiger partial charge >= 0.3 is 0 Å². The van der Waals surface area contributed by atoms with Gasteiger partial charge in [-0.1, -0.05) is 0 Å². The van der Waals surface area contributed by atoms with Gasteiger partial charge in [-0.25, -0.2) is 8.42 Å². The van der Waals surface area contributed by atoms with E-state index in [1.807, 2.05) is 4.90 Å². The molecule has 1 rings (SSSR count). The SMILES string of the molecule is NC1CCN(C[SH](=O)=O)CC1. The first-order valence-electron chi connectivity index (χ1n) is 3.78. The highest BCUT2D eigenvalue weighted by Gasteiger charge is 2.15. The van der Waals surface area contributed by atoms with E-state index in [1.54, 1.807) is 0 Å². The molecular formula is C6H14N2O2S. The van der Waals surface area contributed by atoms with Gasteiger partial charge < -0.3 is 5.73 Å². The molecular weight excluding hydrogens is 164 g/mol. The molecule has 1 saturated heterocycles. The molecule has 0 unspecified atom stereocenters. The van der Waals surface area contributed by atoms with Crippen molar-refractivity contribution in [2.24, 2.45) is 5.73 Å². The van der Waals surface area contributed by atoms with Crippen LogP contribution in [0.15, 0.2) is 0 Å². The predicted molar refractivity (Wildman–Crippen MR) is 44.0 cm³/mol. The van der Waals surface area contributed by atoms with E-state index in [1.165, 1.54) is 0 Å². The third-order valence-corrected chi connectivity index (χ3v) is 2.58. The maximum absolute atomic E-state index is 10.3. The first-order valence-corrected chi connectivity index (χ1v) is 5.14. The summed E-state index contributed by atoms with van der Waals surface area (Å²) in [5, 5.41) is 0. The quantitative estimate of drug-likeness (QED) is 0.531. The molecule has 2 N–H and O–H groups in total. The highest BCUT2D eigenvalue weighted by molar-refractivity contribution is 7.72. The van der Waals surface area contributed by atoms with Crippen molar-refractivity contribution in [2.75, 3.05) is 19.0 Å². The maximum Gasteiger partial charge on any atom is 0.153 e. The van der Waals surface area contributed by atoms with Crippen LogP contribution >= 0.6 is 0 Å². The van der Waals surface area contributed by atoms with Crippen LogP contribution in [-0.4, -0.2) is 38.3 Å². The number of likely N-dealkylation sites (tertiary alicyclic amines) is 1. The molecule has 0 aromatic rings. The monoisotopic (exact) mass is 178 g/mol. The van der Waals surface area contributed by atoms with Gasteiger partial charge in [-0.05, 0) is 12.8 Å². The third kappa shape index (κ3) is 3.18. The first kappa shape index (κ1) is 8.96. The Hall–Kier alpha value is -0.130. The van der Waals surface area contributed by atoms with Crippen molar-refractivity contribution in [3.05, 3.63) is 0 Å². The lowest BCUT2D eigenvalue weighted by Gasteiger charge is -2.27. The molecule has 5 heteroatoms. The Morgan fingerprint density at radius 3 is 2.36 bits per heavy atom. The summed E-state index contributed by atoms with van der Waals surface area (Å²) in [5.41, 5.74) is 5.65. The van der Waals surface area contributed by atoms with Crippen molar-refractivity contribution in [2.45, 2.75) is 18.9 Å². The van der Waals surface area contributed by atoms with Crippen molar-refractivity contribution in [1.29, 1.82) is 0 Å². The molecule has 1 heterocycles. The fraction of sp³-hybridized carbons (Fsp3) is 1.00. The molecule has 0 bridgehead atoms. The van der Waals surface area contributed by atoms with Gasteiger partial charge in [0.25, 0.3) is 0 Å². The Morgan fingerprint density at radius 1 is 1.36 bits per heavy atom. The van der Waals surface area contributed by atoms with Crippen LogP contribution in [0, 0.1) is 0 Å². The molecule has 0 aromatic carbocycles. The van der Waals surface area contributed by atoms with E-state index in [9.17, 15) is 8.42 Å². The largest absolute Gasteiger partial charge is 0.328 e. The molecule has 11 heavy (non-hydrogen) atoms. The molecule has 1 aliphatic rings. The van der Waals surface area contributed by atoms with Gasteiger partial charge in [-0.3, -0.25) is 4.90 Å². The van der Waals surface area contributed by atoms with E-state index < -0.39 is 10.7 Å². The van der Waals surface area contributed by atoms with Gasteiger partial charge in [0.05, 0.1) is 5.88 Å². The summed E-state index contributed by atoms with van der Waals surface area (Å²) in [6.45, 7) is 1.65. The van der Waals surface area contributed by atoms with Gasteiger partial charge in [0.15, 0.2) is 10.7 Å². The topological polar surface area (TPSA) is 63.4 Å². The maximum atomic E-state index is 10.3. The number of rotatable bonds is 2. The van der Waals surface area contributed by atoms with Crippen LogP contribution in [0.5, 0.6) is 0 Å². The molecule has 0 aromatic heterocycles. The molecule has 66 valence electrons. The molecule has 1 aliphatic heterocycles. The summed E-state index contributed by atoms with van der Waals surface area (Å²) in [4.78, 5) is 1.93. The van der Waals surface area contributed by atoms with Crippen molar-refractivity contribution >= 4 is 10.7 Å². The molecule has 0 amide bonds. The predicted octanol–water partition coefficient (Wildman–Crippen LogP) is -1.02. The Balaban J connectivity index is 2.28. The number of hydrogen-bond donors (Lipinski definition) is 2. The molecule has 4 nitrogen and oxygen atoms in total. The van der Waals surface area contributed by atoms with Crippen LogP contribution < -0.4 is 5.73 Å². The van der Waals surface area contributed by atoms with Crippen LogP contribution in [0.3, 0.4) is 0 Å². The van der Waals surface area contributed by atoms with E-state index in [4.69, 9.17) is 5.73 Å². The van der Waals surface area contributed by atoms with Gasteiger partial charge in [0.2, 0.25) is 0 Å². The lowest BCUT2D eigenvalue weighted by molar-refractivity contribution is 0.243. The first-order chi connectivity index (χ1) is 5.18. The summed E-state index contributed by atoms with van der Waals surface area (Å²) in [7, 11) is -2.25. The van der Waals surface area contributed by atoms with Crippen molar-refractivity contribution < 1.29 is 8.42 Å². The Labute approximate surface area is 68.3 Å².